The maximum atomic E-state index is 13.4. The summed E-state index contributed by atoms with van der Waals surface area (Å²) in [6.45, 7) is 6.77. The van der Waals surface area contributed by atoms with Gasteiger partial charge in [-0.3, -0.25) is 14.3 Å². The molecule has 2 aliphatic rings. The van der Waals surface area contributed by atoms with Gasteiger partial charge in [-0.25, -0.2) is 4.98 Å². The smallest absolute Gasteiger partial charge is 0.254 e. The number of aromatic nitrogens is 3. The zero-order chi connectivity index (χ0) is 20.5. The summed E-state index contributed by atoms with van der Waals surface area (Å²) in [7, 11) is 1.86. The minimum atomic E-state index is -0.0574. The average Bonchev–Trinajstić information content (AvgIpc) is 3.34. The third-order valence-electron chi connectivity index (χ3n) is 6.08. The summed E-state index contributed by atoms with van der Waals surface area (Å²) in [5.74, 6) is 0.403. The van der Waals surface area contributed by atoms with Crippen LogP contribution in [0.25, 0.3) is 11.0 Å². The lowest BCUT2D eigenvalue weighted by Gasteiger charge is -2.33. The number of nitrogens with one attached hydrogen (secondary N) is 2. The van der Waals surface area contributed by atoms with Crippen molar-refractivity contribution in [1.29, 1.82) is 0 Å². The zero-order valence-electron chi connectivity index (χ0n) is 17.5. The molecule has 0 radical (unpaired) electrons. The Morgan fingerprint density at radius 2 is 2.10 bits per heavy atom. The molecule has 2 unspecified atom stereocenters. The number of fused-ring (bicyclic) bond motifs is 1. The molecule has 2 atom stereocenters. The van der Waals surface area contributed by atoms with Crippen molar-refractivity contribution in [3.8, 4) is 0 Å². The summed E-state index contributed by atoms with van der Waals surface area (Å²) in [6, 6.07) is 1.81. The molecular formula is C21H30N6O2. The van der Waals surface area contributed by atoms with E-state index in [2.05, 4.69) is 20.7 Å². The van der Waals surface area contributed by atoms with Gasteiger partial charge in [-0.1, -0.05) is 0 Å². The third-order valence-corrected chi connectivity index (χ3v) is 6.08. The minimum absolute atomic E-state index is 0.0325. The SMILES string of the molecule is Cc1cc(C(=O)N2CCCC(CNC(=O)C3CCCN3)C2)c2c(C)nn(C)c2n1. The van der Waals surface area contributed by atoms with E-state index in [1.54, 1.807) is 4.68 Å². The molecule has 0 aliphatic carbocycles. The van der Waals surface area contributed by atoms with E-state index in [1.807, 2.05) is 31.9 Å². The number of likely N-dealkylation sites (tertiary alicyclic amines) is 1. The molecule has 8 nitrogen and oxygen atoms in total. The number of rotatable bonds is 4. The lowest BCUT2D eigenvalue weighted by molar-refractivity contribution is -0.123. The molecular weight excluding hydrogens is 368 g/mol. The maximum absolute atomic E-state index is 13.4. The van der Waals surface area contributed by atoms with Crippen LogP contribution in [0.15, 0.2) is 6.07 Å². The molecule has 2 aliphatic heterocycles. The van der Waals surface area contributed by atoms with E-state index in [0.717, 1.165) is 61.2 Å². The number of carbonyl (C=O) groups is 2. The molecule has 4 heterocycles. The molecule has 8 heteroatoms. The van der Waals surface area contributed by atoms with Gasteiger partial charge in [-0.05, 0) is 58.1 Å². The van der Waals surface area contributed by atoms with Crippen molar-refractivity contribution in [2.24, 2.45) is 13.0 Å². The number of hydrogen-bond acceptors (Lipinski definition) is 5. The Labute approximate surface area is 171 Å². The molecule has 0 spiro atoms. The van der Waals surface area contributed by atoms with E-state index in [0.29, 0.717) is 18.7 Å². The van der Waals surface area contributed by atoms with Crippen LogP contribution in [0.2, 0.25) is 0 Å². The topological polar surface area (TPSA) is 92.2 Å². The first kappa shape index (κ1) is 19.8. The van der Waals surface area contributed by atoms with Crippen LogP contribution in [0.4, 0.5) is 0 Å². The highest BCUT2D eigenvalue weighted by Crippen LogP contribution is 2.25. The van der Waals surface area contributed by atoms with Gasteiger partial charge in [0, 0.05) is 32.4 Å². The van der Waals surface area contributed by atoms with Crippen LogP contribution >= 0.6 is 0 Å². The molecule has 0 bridgehead atoms. The molecule has 0 saturated carbocycles. The Morgan fingerprint density at radius 1 is 1.28 bits per heavy atom. The van der Waals surface area contributed by atoms with Crippen molar-refractivity contribution >= 4 is 22.8 Å². The van der Waals surface area contributed by atoms with E-state index in [9.17, 15) is 9.59 Å². The van der Waals surface area contributed by atoms with Crippen molar-refractivity contribution in [3.05, 3.63) is 23.0 Å². The van der Waals surface area contributed by atoms with Crippen molar-refractivity contribution in [3.63, 3.8) is 0 Å². The van der Waals surface area contributed by atoms with Gasteiger partial charge in [0.15, 0.2) is 5.65 Å². The first-order valence-electron chi connectivity index (χ1n) is 10.6. The molecule has 0 aromatic carbocycles. The Morgan fingerprint density at radius 3 is 2.86 bits per heavy atom. The highest BCUT2D eigenvalue weighted by atomic mass is 16.2. The van der Waals surface area contributed by atoms with Crippen molar-refractivity contribution in [2.45, 2.75) is 45.6 Å². The van der Waals surface area contributed by atoms with Crippen LogP contribution in [-0.4, -0.2) is 63.7 Å². The van der Waals surface area contributed by atoms with Crippen LogP contribution in [0, 0.1) is 19.8 Å². The van der Waals surface area contributed by atoms with E-state index in [1.165, 1.54) is 0 Å². The van der Waals surface area contributed by atoms with Gasteiger partial charge in [-0.2, -0.15) is 5.10 Å². The molecule has 2 saturated heterocycles. The Kier molecular flexibility index (Phi) is 5.54. The van der Waals surface area contributed by atoms with Gasteiger partial charge in [0.05, 0.1) is 22.7 Å². The molecule has 2 N–H and O–H groups in total. The predicted molar refractivity (Wildman–Crippen MR) is 111 cm³/mol. The van der Waals surface area contributed by atoms with Gasteiger partial charge >= 0.3 is 0 Å². The van der Waals surface area contributed by atoms with E-state index in [-0.39, 0.29) is 23.8 Å². The Hall–Kier alpha value is -2.48. The second kappa shape index (κ2) is 8.10. The van der Waals surface area contributed by atoms with E-state index in [4.69, 9.17) is 0 Å². The highest BCUT2D eigenvalue weighted by Gasteiger charge is 2.28. The summed E-state index contributed by atoms with van der Waals surface area (Å²) in [6.07, 6.45) is 3.94. The van der Waals surface area contributed by atoms with E-state index < -0.39 is 0 Å². The molecule has 2 amide bonds. The molecule has 2 fully saturated rings. The normalized spacial score (nSPS) is 22.2. The summed E-state index contributed by atoms with van der Waals surface area (Å²) in [4.78, 5) is 32.1. The van der Waals surface area contributed by atoms with Crippen molar-refractivity contribution in [2.75, 3.05) is 26.2 Å². The highest BCUT2D eigenvalue weighted by molar-refractivity contribution is 6.06. The number of nitrogens with zero attached hydrogens (tertiary/aromatic N) is 4. The largest absolute Gasteiger partial charge is 0.354 e. The third kappa shape index (κ3) is 3.99. The number of pyridine rings is 1. The standard InChI is InChI=1S/C21H30N6O2/c1-13-10-16(18-14(2)25-26(3)19(18)24-13)21(29)27-9-5-6-15(12-27)11-23-20(28)17-7-4-8-22-17/h10,15,17,22H,4-9,11-12H2,1-3H3,(H,23,28). The second-order valence-corrected chi connectivity index (χ2v) is 8.37. The fourth-order valence-corrected chi connectivity index (χ4v) is 4.60. The van der Waals surface area contributed by atoms with Crippen LogP contribution in [0.5, 0.6) is 0 Å². The van der Waals surface area contributed by atoms with Gasteiger partial charge < -0.3 is 15.5 Å². The van der Waals surface area contributed by atoms with Crippen molar-refractivity contribution < 1.29 is 9.59 Å². The molecule has 2 aromatic rings. The lowest BCUT2D eigenvalue weighted by atomic mass is 9.96. The number of aryl methyl sites for hydroxylation is 3. The first-order valence-corrected chi connectivity index (χ1v) is 10.6. The van der Waals surface area contributed by atoms with Gasteiger partial charge in [0.25, 0.3) is 5.91 Å². The summed E-state index contributed by atoms with van der Waals surface area (Å²) in [5.41, 5.74) is 3.06. The number of piperidine rings is 1. The van der Waals surface area contributed by atoms with E-state index >= 15 is 0 Å². The average molecular weight is 399 g/mol. The van der Waals surface area contributed by atoms with Crippen LogP contribution < -0.4 is 10.6 Å². The fourth-order valence-electron chi connectivity index (χ4n) is 4.60. The maximum Gasteiger partial charge on any atom is 0.254 e. The predicted octanol–water partition coefficient (Wildman–Crippen LogP) is 1.31. The van der Waals surface area contributed by atoms with Gasteiger partial charge in [-0.15, -0.1) is 0 Å². The summed E-state index contributed by atoms with van der Waals surface area (Å²) in [5, 5.41) is 11.6. The van der Waals surface area contributed by atoms with Gasteiger partial charge in [0.2, 0.25) is 5.91 Å². The fraction of sp³-hybridized carbons (Fsp3) is 0.619. The monoisotopic (exact) mass is 398 g/mol. The second-order valence-electron chi connectivity index (χ2n) is 8.37. The molecule has 29 heavy (non-hydrogen) atoms. The number of carbonyl (C=O) groups excluding carboxylic acids is 2. The quantitative estimate of drug-likeness (QED) is 0.810. The minimum Gasteiger partial charge on any atom is -0.354 e. The summed E-state index contributed by atoms with van der Waals surface area (Å²) < 4.78 is 1.74. The number of amides is 2. The van der Waals surface area contributed by atoms with Crippen LogP contribution in [0.1, 0.15) is 47.4 Å². The Bertz CT molecular complexity index is 931. The number of hydrogen-bond donors (Lipinski definition) is 2. The first-order chi connectivity index (χ1) is 13.9. The van der Waals surface area contributed by atoms with Crippen molar-refractivity contribution in [1.82, 2.24) is 30.3 Å². The molecule has 4 rings (SSSR count). The van der Waals surface area contributed by atoms with Crippen LogP contribution in [0.3, 0.4) is 0 Å². The molecule has 156 valence electrons. The molecule has 2 aromatic heterocycles. The zero-order valence-corrected chi connectivity index (χ0v) is 17.5. The van der Waals surface area contributed by atoms with Crippen LogP contribution in [-0.2, 0) is 11.8 Å². The Balaban J connectivity index is 1.46. The van der Waals surface area contributed by atoms with Gasteiger partial charge in [0.1, 0.15) is 0 Å². The summed E-state index contributed by atoms with van der Waals surface area (Å²) >= 11 is 0. The lowest BCUT2D eigenvalue weighted by Crippen LogP contribution is -2.46.